The number of carbonyl (C=O) groups excluding carboxylic acids is 1. The molecule has 0 radical (unpaired) electrons. The Kier molecular flexibility index (Phi) is 6.29. The van der Waals surface area contributed by atoms with Gasteiger partial charge in [0.15, 0.2) is 5.11 Å². The van der Waals surface area contributed by atoms with Crippen LogP contribution >= 0.6 is 28.1 Å². The largest absolute Gasteiger partial charge is 0.493 e. The predicted octanol–water partition coefficient (Wildman–Crippen LogP) is 3.85. The van der Waals surface area contributed by atoms with Crippen LogP contribution in [-0.2, 0) is 0 Å². The molecule has 0 saturated carbocycles. The third-order valence-corrected chi connectivity index (χ3v) is 3.68. The molecule has 0 aliphatic heterocycles. The highest BCUT2D eigenvalue weighted by molar-refractivity contribution is 9.10. The van der Waals surface area contributed by atoms with Gasteiger partial charge >= 0.3 is 0 Å². The zero-order valence-corrected chi connectivity index (χ0v) is 15.2. The number of nitrogens with zero attached hydrogens (tertiary/aromatic N) is 1. The van der Waals surface area contributed by atoms with Crippen LogP contribution in [0.15, 0.2) is 46.9 Å². The van der Waals surface area contributed by atoms with Gasteiger partial charge in [-0.1, -0.05) is 15.9 Å². The molecule has 0 saturated heterocycles. The van der Waals surface area contributed by atoms with Gasteiger partial charge in [-0.25, -0.2) is 0 Å². The van der Waals surface area contributed by atoms with Gasteiger partial charge in [0, 0.05) is 10.2 Å². The van der Waals surface area contributed by atoms with E-state index in [1.165, 1.54) is 0 Å². The standard InChI is InChI=1S/C17H14BrN3O2S/c1-2-23-15-8-5-12(18)9-14(15)16(22)21-17(24)20-13-6-3-11(10-19)4-7-13/h3-9H,2H2,1H3,(H2,20,21,22,24). The zero-order valence-electron chi connectivity index (χ0n) is 12.8. The number of thiocarbonyl (C=S) groups is 1. The van der Waals surface area contributed by atoms with Crippen LogP contribution < -0.4 is 15.4 Å². The van der Waals surface area contributed by atoms with Crippen molar-refractivity contribution < 1.29 is 9.53 Å². The average molecular weight is 404 g/mol. The molecule has 2 N–H and O–H groups in total. The van der Waals surface area contributed by atoms with Crippen LogP contribution in [0.5, 0.6) is 5.75 Å². The Morgan fingerprint density at radius 2 is 2.00 bits per heavy atom. The van der Waals surface area contributed by atoms with E-state index in [2.05, 4.69) is 26.6 Å². The maximum atomic E-state index is 12.4. The Labute approximate surface area is 153 Å². The van der Waals surface area contributed by atoms with Crippen LogP contribution in [0.4, 0.5) is 5.69 Å². The normalized spacial score (nSPS) is 9.71. The van der Waals surface area contributed by atoms with Crippen LogP contribution in [0.3, 0.4) is 0 Å². The van der Waals surface area contributed by atoms with Crippen LogP contribution in [0, 0.1) is 11.3 Å². The van der Waals surface area contributed by atoms with Crippen molar-refractivity contribution in [1.82, 2.24) is 5.32 Å². The Balaban J connectivity index is 2.07. The highest BCUT2D eigenvalue weighted by atomic mass is 79.9. The number of amides is 1. The van der Waals surface area contributed by atoms with E-state index >= 15 is 0 Å². The van der Waals surface area contributed by atoms with Crippen molar-refractivity contribution in [1.29, 1.82) is 5.26 Å². The van der Waals surface area contributed by atoms with Gasteiger partial charge < -0.3 is 10.1 Å². The molecule has 0 spiro atoms. The quantitative estimate of drug-likeness (QED) is 0.758. The molecule has 0 aromatic heterocycles. The number of anilines is 1. The highest BCUT2D eigenvalue weighted by Crippen LogP contribution is 2.23. The number of ether oxygens (including phenoxy) is 1. The van der Waals surface area contributed by atoms with E-state index in [1.807, 2.05) is 13.0 Å². The van der Waals surface area contributed by atoms with Crippen molar-refractivity contribution >= 4 is 44.9 Å². The fraction of sp³-hybridized carbons (Fsp3) is 0.118. The van der Waals surface area contributed by atoms with Gasteiger partial charge in [0.05, 0.1) is 23.8 Å². The third kappa shape index (κ3) is 4.78. The molecule has 0 heterocycles. The molecular formula is C17H14BrN3O2S. The first-order chi connectivity index (χ1) is 11.5. The molecule has 0 aliphatic carbocycles. The summed E-state index contributed by atoms with van der Waals surface area (Å²) in [5, 5.41) is 14.5. The second kappa shape index (κ2) is 8.43. The van der Waals surface area contributed by atoms with Gasteiger partial charge in [0.1, 0.15) is 5.75 Å². The van der Waals surface area contributed by atoms with Crippen molar-refractivity contribution in [2.24, 2.45) is 0 Å². The first kappa shape index (κ1) is 17.9. The highest BCUT2D eigenvalue weighted by Gasteiger charge is 2.14. The molecule has 1 amide bonds. The third-order valence-electron chi connectivity index (χ3n) is 2.99. The van der Waals surface area contributed by atoms with Crippen molar-refractivity contribution in [3.63, 3.8) is 0 Å². The molecule has 0 bridgehead atoms. The second-order valence-electron chi connectivity index (χ2n) is 4.67. The maximum Gasteiger partial charge on any atom is 0.261 e. The fourth-order valence-corrected chi connectivity index (χ4v) is 2.49. The maximum absolute atomic E-state index is 12.4. The summed E-state index contributed by atoms with van der Waals surface area (Å²) >= 11 is 8.49. The molecule has 0 fully saturated rings. The van der Waals surface area contributed by atoms with E-state index in [4.69, 9.17) is 22.2 Å². The van der Waals surface area contributed by atoms with E-state index in [1.54, 1.807) is 42.5 Å². The Hall–Kier alpha value is -2.43. The van der Waals surface area contributed by atoms with Crippen LogP contribution in [0.1, 0.15) is 22.8 Å². The minimum absolute atomic E-state index is 0.159. The smallest absolute Gasteiger partial charge is 0.261 e. The SMILES string of the molecule is CCOc1ccc(Br)cc1C(=O)NC(=S)Nc1ccc(C#N)cc1. The Morgan fingerprint density at radius 1 is 1.29 bits per heavy atom. The monoisotopic (exact) mass is 403 g/mol. The molecule has 24 heavy (non-hydrogen) atoms. The van der Waals surface area contributed by atoms with E-state index < -0.39 is 0 Å². The van der Waals surface area contributed by atoms with Crippen molar-refractivity contribution in [2.75, 3.05) is 11.9 Å². The molecule has 0 aliphatic rings. The summed E-state index contributed by atoms with van der Waals surface area (Å²) in [4.78, 5) is 12.4. The molecule has 2 rings (SSSR count). The average Bonchev–Trinajstić information content (AvgIpc) is 2.57. The first-order valence-corrected chi connectivity index (χ1v) is 8.28. The van der Waals surface area contributed by atoms with Gasteiger partial charge in [-0.2, -0.15) is 5.26 Å². The van der Waals surface area contributed by atoms with Crippen molar-refractivity contribution in [2.45, 2.75) is 6.92 Å². The lowest BCUT2D eigenvalue weighted by Gasteiger charge is -2.13. The van der Waals surface area contributed by atoms with Crippen molar-refractivity contribution in [3.05, 3.63) is 58.1 Å². The molecule has 122 valence electrons. The number of halogens is 1. The van der Waals surface area contributed by atoms with Crippen LogP contribution in [0.25, 0.3) is 0 Å². The minimum Gasteiger partial charge on any atom is -0.493 e. The number of benzene rings is 2. The summed E-state index contributed by atoms with van der Waals surface area (Å²) < 4.78 is 6.23. The first-order valence-electron chi connectivity index (χ1n) is 7.08. The Bertz CT molecular complexity index is 800. The number of nitrogens with one attached hydrogen (secondary N) is 2. The van der Waals surface area contributed by atoms with Gasteiger partial charge in [0.25, 0.3) is 5.91 Å². The summed E-state index contributed by atoms with van der Waals surface area (Å²) in [5.74, 6) is 0.116. The summed E-state index contributed by atoms with van der Waals surface area (Å²) in [6.07, 6.45) is 0. The fourth-order valence-electron chi connectivity index (χ4n) is 1.92. The lowest BCUT2D eigenvalue weighted by atomic mass is 10.2. The zero-order chi connectivity index (χ0) is 17.5. The predicted molar refractivity (Wildman–Crippen MR) is 100 cm³/mol. The summed E-state index contributed by atoms with van der Waals surface area (Å²) in [6.45, 7) is 2.30. The molecule has 0 unspecified atom stereocenters. The summed E-state index contributed by atoms with van der Waals surface area (Å²) in [5.41, 5.74) is 1.61. The van der Waals surface area contributed by atoms with E-state index in [-0.39, 0.29) is 11.0 Å². The second-order valence-corrected chi connectivity index (χ2v) is 5.99. The van der Waals surface area contributed by atoms with E-state index in [0.717, 1.165) is 4.47 Å². The number of hydrogen-bond acceptors (Lipinski definition) is 4. The van der Waals surface area contributed by atoms with E-state index in [0.29, 0.717) is 29.2 Å². The lowest BCUT2D eigenvalue weighted by molar-refractivity contribution is 0.0974. The molecular weight excluding hydrogens is 390 g/mol. The minimum atomic E-state index is -0.370. The molecule has 2 aromatic rings. The number of rotatable bonds is 4. The molecule has 5 nitrogen and oxygen atoms in total. The van der Waals surface area contributed by atoms with Crippen molar-refractivity contribution in [3.8, 4) is 11.8 Å². The topological polar surface area (TPSA) is 74.2 Å². The summed E-state index contributed by atoms with van der Waals surface area (Å²) in [6, 6.07) is 14.0. The summed E-state index contributed by atoms with van der Waals surface area (Å²) in [7, 11) is 0. The van der Waals surface area contributed by atoms with Crippen LogP contribution in [-0.4, -0.2) is 17.6 Å². The van der Waals surface area contributed by atoms with Gasteiger partial charge in [-0.15, -0.1) is 0 Å². The molecule has 7 heteroatoms. The lowest BCUT2D eigenvalue weighted by Crippen LogP contribution is -2.34. The number of carbonyl (C=O) groups is 1. The van der Waals surface area contributed by atoms with Crippen LogP contribution in [0.2, 0.25) is 0 Å². The molecule has 0 atom stereocenters. The van der Waals surface area contributed by atoms with Gasteiger partial charge in [-0.3, -0.25) is 10.1 Å². The number of hydrogen-bond donors (Lipinski definition) is 2. The van der Waals surface area contributed by atoms with Gasteiger partial charge in [0.2, 0.25) is 0 Å². The van der Waals surface area contributed by atoms with Gasteiger partial charge in [-0.05, 0) is 61.6 Å². The Morgan fingerprint density at radius 3 is 2.62 bits per heavy atom. The number of nitriles is 1. The van der Waals surface area contributed by atoms with E-state index in [9.17, 15) is 4.79 Å². The molecule has 2 aromatic carbocycles.